The Labute approximate surface area is 107 Å². The summed E-state index contributed by atoms with van der Waals surface area (Å²) in [5.41, 5.74) is 6.17. The second kappa shape index (κ2) is 5.15. The summed E-state index contributed by atoms with van der Waals surface area (Å²) < 4.78 is 0. The van der Waals surface area contributed by atoms with Crippen molar-refractivity contribution in [1.82, 2.24) is 10.2 Å². The van der Waals surface area contributed by atoms with Crippen LogP contribution >= 0.6 is 24.0 Å². The highest BCUT2D eigenvalue weighted by molar-refractivity contribution is 7.81. The van der Waals surface area contributed by atoms with Gasteiger partial charge in [0.25, 0.3) is 0 Å². The molecule has 0 radical (unpaired) electrons. The van der Waals surface area contributed by atoms with Gasteiger partial charge in [0, 0.05) is 5.69 Å². The minimum absolute atomic E-state index is 0.254. The van der Waals surface area contributed by atoms with Gasteiger partial charge in [0.1, 0.15) is 10.3 Å². The molecule has 0 saturated carbocycles. The Morgan fingerprint density at radius 3 is 2.65 bits per heavy atom. The third kappa shape index (κ3) is 2.95. The van der Waals surface area contributed by atoms with Gasteiger partial charge >= 0.3 is 0 Å². The lowest BCUT2D eigenvalue weighted by molar-refractivity contribution is -0.115. The monoisotopic (exact) mass is 266 g/mol. The van der Waals surface area contributed by atoms with Crippen LogP contribution in [0.4, 0.5) is 10.8 Å². The molecule has 2 rings (SSSR count). The van der Waals surface area contributed by atoms with E-state index in [2.05, 4.69) is 28.1 Å². The Hall–Kier alpha value is -1.60. The van der Waals surface area contributed by atoms with Crippen molar-refractivity contribution in [1.29, 1.82) is 0 Å². The average molecular weight is 266 g/mol. The number of thiol groups is 1. The summed E-state index contributed by atoms with van der Waals surface area (Å²) in [6.07, 6.45) is 0. The molecule has 0 aliphatic rings. The van der Waals surface area contributed by atoms with Gasteiger partial charge in [0.2, 0.25) is 11.0 Å². The molecule has 0 aliphatic heterocycles. The van der Waals surface area contributed by atoms with Crippen molar-refractivity contribution in [2.45, 2.75) is 5.25 Å². The minimum Gasteiger partial charge on any atom is -0.374 e. The normalized spacial score (nSPS) is 12.1. The molecule has 1 amide bonds. The van der Waals surface area contributed by atoms with Gasteiger partial charge < -0.3 is 11.1 Å². The molecule has 1 aromatic carbocycles. The molecule has 5 nitrogen and oxygen atoms in total. The lowest BCUT2D eigenvalue weighted by Gasteiger charge is -2.08. The Bertz CT molecular complexity index is 514. The molecule has 0 spiro atoms. The number of benzene rings is 1. The van der Waals surface area contributed by atoms with Crippen molar-refractivity contribution < 1.29 is 4.79 Å². The Kier molecular flexibility index (Phi) is 3.60. The number of carbonyl (C=O) groups excluding carboxylic acids is 1. The van der Waals surface area contributed by atoms with Gasteiger partial charge in [-0.15, -0.1) is 10.2 Å². The molecule has 17 heavy (non-hydrogen) atoms. The Morgan fingerprint density at radius 1 is 1.35 bits per heavy atom. The van der Waals surface area contributed by atoms with E-state index in [1.165, 1.54) is 0 Å². The largest absolute Gasteiger partial charge is 0.374 e. The number of carbonyl (C=O) groups is 1. The Morgan fingerprint density at radius 2 is 2.06 bits per heavy atom. The van der Waals surface area contributed by atoms with E-state index in [4.69, 9.17) is 5.73 Å². The molecule has 1 atom stereocenters. The number of rotatable bonds is 3. The summed E-state index contributed by atoms with van der Waals surface area (Å²) in [6.45, 7) is 0. The predicted octanol–water partition coefficient (Wildman–Crippen LogP) is 1.73. The number of aromatic nitrogens is 2. The van der Waals surface area contributed by atoms with Crippen molar-refractivity contribution in [3.8, 4) is 0 Å². The van der Waals surface area contributed by atoms with Gasteiger partial charge in [-0.2, -0.15) is 12.6 Å². The van der Waals surface area contributed by atoms with Gasteiger partial charge in [-0.1, -0.05) is 29.5 Å². The van der Waals surface area contributed by atoms with Gasteiger partial charge in [-0.3, -0.25) is 4.79 Å². The molecule has 0 saturated heterocycles. The van der Waals surface area contributed by atoms with E-state index in [1.807, 2.05) is 18.2 Å². The summed E-state index contributed by atoms with van der Waals surface area (Å²) >= 11 is 5.35. The molecule has 0 fully saturated rings. The van der Waals surface area contributed by atoms with Crippen LogP contribution < -0.4 is 11.1 Å². The highest BCUT2D eigenvalue weighted by Crippen LogP contribution is 2.25. The van der Waals surface area contributed by atoms with E-state index >= 15 is 0 Å². The lowest BCUT2D eigenvalue weighted by atomic mass is 10.3. The summed E-state index contributed by atoms with van der Waals surface area (Å²) in [5.74, 6) is -0.254. The van der Waals surface area contributed by atoms with E-state index in [0.717, 1.165) is 11.3 Å². The van der Waals surface area contributed by atoms with Crippen molar-refractivity contribution in [2.75, 3.05) is 11.1 Å². The summed E-state index contributed by atoms with van der Waals surface area (Å²) in [7, 11) is 0. The molecule has 0 aliphatic carbocycles. The van der Waals surface area contributed by atoms with Crippen LogP contribution in [0, 0.1) is 0 Å². The van der Waals surface area contributed by atoms with Crippen LogP contribution in [-0.4, -0.2) is 16.1 Å². The first-order valence-corrected chi connectivity index (χ1v) is 6.13. The van der Waals surface area contributed by atoms with Crippen molar-refractivity contribution in [3.63, 3.8) is 0 Å². The van der Waals surface area contributed by atoms with Crippen LogP contribution in [0.15, 0.2) is 30.3 Å². The van der Waals surface area contributed by atoms with Gasteiger partial charge in [0.15, 0.2) is 0 Å². The van der Waals surface area contributed by atoms with E-state index < -0.39 is 5.25 Å². The zero-order valence-corrected chi connectivity index (χ0v) is 10.4. The smallest absolute Gasteiger partial charge is 0.244 e. The maximum atomic E-state index is 11.8. The van der Waals surface area contributed by atoms with Crippen LogP contribution in [0.2, 0.25) is 0 Å². The van der Waals surface area contributed by atoms with Gasteiger partial charge in [-0.25, -0.2) is 0 Å². The van der Waals surface area contributed by atoms with Crippen molar-refractivity contribution >= 4 is 40.7 Å². The van der Waals surface area contributed by atoms with Crippen LogP contribution in [0.5, 0.6) is 0 Å². The fourth-order valence-corrected chi connectivity index (χ4v) is 2.07. The molecule has 1 heterocycles. The number of nitrogens with two attached hydrogens (primary N) is 1. The van der Waals surface area contributed by atoms with E-state index in [-0.39, 0.29) is 5.91 Å². The number of hydrogen-bond acceptors (Lipinski definition) is 6. The summed E-state index contributed by atoms with van der Waals surface area (Å²) in [4.78, 5) is 11.8. The van der Waals surface area contributed by atoms with E-state index in [9.17, 15) is 4.79 Å². The number of nitrogen functional groups attached to an aromatic ring is 1. The number of amides is 1. The zero-order chi connectivity index (χ0) is 12.3. The summed E-state index contributed by atoms with van der Waals surface area (Å²) in [5, 5.41) is 10.3. The quantitative estimate of drug-likeness (QED) is 0.739. The maximum Gasteiger partial charge on any atom is 0.244 e. The average Bonchev–Trinajstić information content (AvgIpc) is 2.76. The number of para-hydroxylation sites is 1. The number of hydrogen-bond donors (Lipinski definition) is 3. The summed E-state index contributed by atoms with van der Waals surface area (Å²) in [6, 6.07) is 9.15. The number of anilines is 2. The fourth-order valence-electron chi connectivity index (χ4n) is 1.20. The fraction of sp³-hybridized carbons (Fsp3) is 0.100. The van der Waals surface area contributed by atoms with Crippen molar-refractivity contribution in [3.05, 3.63) is 35.3 Å². The van der Waals surface area contributed by atoms with Crippen LogP contribution in [0.1, 0.15) is 10.3 Å². The first-order valence-electron chi connectivity index (χ1n) is 4.79. The number of nitrogens with one attached hydrogen (secondary N) is 1. The molecule has 0 bridgehead atoms. The molecule has 1 aromatic heterocycles. The lowest BCUT2D eigenvalue weighted by Crippen LogP contribution is -2.17. The van der Waals surface area contributed by atoms with Crippen molar-refractivity contribution in [2.24, 2.45) is 0 Å². The molecule has 88 valence electrons. The van der Waals surface area contributed by atoms with Crippen LogP contribution in [0.3, 0.4) is 0 Å². The predicted molar refractivity (Wildman–Crippen MR) is 71.1 cm³/mol. The first-order chi connectivity index (χ1) is 8.16. The van der Waals surface area contributed by atoms with E-state index in [0.29, 0.717) is 15.8 Å². The topological polar surface area (TPSA) is 80.9 Å². The minimum atomic E-state index is -0.662. The molecule has 2 aromatic rings. The highest BCUT2D eigenvalue weighted by atomic mass is 32.1. The van der Waals surface area contributed by atoms with Gasteiger partial charge in [-0.05, 0) is 12.1 Å². The SMILES string of the molecule is Nc1nnc(C(S)C(=O)Nc2ccccc2)s1. The number of nitrogens with zero attached hydrogens (tertiary/aromatic N) is 2. The molecular weight excluding hydrogens is 256 g/mol. The third-order valence-electron chi connectivity index (χ3n) is 1.98. The molecule has 7 heteroatoms. The zero-order valence-electron chi connectivity index (χ0n) is 8.70. The molecule has 1 unspecified atom stereocenters. The second-order valence-corrected chi connectivity index (χ2v) is 4.79. The first kappa shape index (κ1) is 11.9. The molecule has 3 N–H and O–H groups in total. The third-order valence-corrected chi connectivity index (χ3v) is 3.45. The van der Waals surface area contributed by atoms with Crippen LogP contribution in [-0.2, 0) is 4.79 Å². The second-order valence-electron chi connectivity index (χ2n) is 3.24. The maximum absolute atomic E-state index is 11.8. The highest BCUT2D eigenvalue weighted by Gasteiger charge is 2.20. The van der Waals surface area contributed by atoms with Crippen LogP contribution in [0.25, 0.3) is 0 Å². The Balaban J connectivity index is 2.06. The van der Waals surface area contributed by atoms with Gasteiger partial charge in [0.05, 0.1) is 0 Å². The standard InChI is InChI=1S/C10H10N4OS2/c11-10-14-13-9(17-10)7(16)8(15)12-6-4-2-1-3-5-6/h1-5,7,16H,(H2,11,14)(H,12,15). The molecular formula is C10H10N4OS2. The van der Waals surface area contributed by atoms with E-state index in [1.54, 1.807) is 12.1 Å².